The van der Waals surface area contributed by atoms with E-state index in [0.29, 0.717) is 6.54 Å². The van der Waals surface area contributed by atoms with Gasteiger partial charge in [0.25, 0.3) is 0 Å². The zero-order chi connectivity index (χ0) is 18.0. The number of hydrogen-bond acceptors (Lipinski definition) is 3. The number of rotatable bonds is 6. The number of benzene rings is 1. The molecule has 2 heterocycles. The Bertz CT molecular complexity index is 753. The van der Waals surface area contributed by atoms with E-state index in [1.54, 1.807) is 0 Å². The van der Waals surface area contributed by atoms with Gasteiger partial charge in [0.15, 0.2) is 0 Å². The van der Waals surface area contributed by atoms with Crippen molar-refractivity contribution in [1.29, 1.82) is 0 Å². The van der Waals surface area contributed by atoms with Gasteiger partial charge < -0.3 is 5.11 Å². The maximum Gasteiger partial charge on any atom is 0.308 e. The first-order valence-electron chi connectivity index (χ1n) is 9.03. The molecule has 0 bridgehead atoms. The van der Waals surface area contributed by atoms with Crippen LogP contribution >= 0.6 is 0 Å². The van der Waals surface area contributed by atoms with E-state index in [9.17, 15) is 9.90 Å². The summed E-state index contributed by atoms with van der Waals surface area (Å²) >= 11 is 0. The monoisotopic (exact) mass is 341 g/mol. The molecule has 0 saturated carbocycles. The highest BCUT2D eigenvalue weighted by molar-refractivity contribution is 5.72. The molecule has 0 radical (unpaired) electrons. The molecule has 1 aliphatic rings. The van der Waals surface area contributed by atoms with Gasteiger partial charge in [0.2, 0.25) is 0 Å². The molecule has 2 atom stereocenters. The number of aryl methyl sites for hydroxylation is 2. The first-order chi connectivity index (χ1) is 12.0. The summed E-state index contributed by atoms with van der Waals surface area (Å²) in [5.41, 5.74) is 4.72. The second kappa shape index (κ2) is 7.40. The van der Waals surface area contributed by atoms with Crippen molar-refractivity contribution in [3.05, 3.63) is 52.8 Å². The Balaban J connectivity index is 1.79. The van der Waals surface area contributed by atoms with Gasteiger partial charge >= 0.3 is 5.97 Å². The molecular formula is C20H27N3O2. The topological polar surface area (TPSA) is 58.4 Å². The number of nitrogens with zero attached hydrogens (tertiary/aromatic N) is 3. The lowest BCUT2D eigenvalue weighted by Crippen LogP contribution is -2.23. The Kier molecular flexibility index (Phi) is 5.23. The number of hydrogen-bond donors (Lipinski definition) is 1. The minimum Gasteiger partial charge on any atom is -0.481 e. The number of carboxylic acids is 1. The second-order valence-corrected chi connectivity index (χ2v) is 7.08. The highest BCUT2D eigenvalue weighted by Gasteiger charge is 2.39. The van der Waals surface area contributed by atoms with Crippen molar-refractivity contribution < 1.29 is 9.90 Å². The third-order valence-electron chi connectivity index (χ3n) is 5.33. The molecule has 1 fully saturated rings. The molecule has 25 heavy (non-hydrogen) atoms. The smallest absolute Gasteiger partial charge is 0.308 e. The molecule has 0 spiro atoms. The summed E-state index contributed by atoms with van der Waals surface area (Å²) in [4.78, 5) is 14.1. The van der Waals surface area contributed by atoms with Crippen molar-refractivity contribution in [2.24, 2.45) is 5.92 Å². The van der Waals surface area contributed by atoms with Gasteiger partial charge in [0.05, 0.1) is 12.1 Å². The van der Waals surface area contributed by atoms with E-state index in [1.807, 2.05) is 23.0 Å². The van der Waals surface area contributed by atoms with Crippen molar-refractivity contribution in [2.45, 2.75) is 46.2 Å². The van der Waals surface area contributed by atoms with Crippen molar-refractivity contribution in [3.63, 3.8) is 0 Å². The minimum atomic E-state index is -0.700. The van der Waals surface area contributed by atoms with Gasteiger partial charge in [-0.3, -0.25) is 14.4 Å². The predicted octanol–water partition coefficient (Wildman–Crippen LogP) is 3.21. The lowest BCUT2D eigenvalue weighted by molar-refractivity contribution is -0.141. The third kappa shape index (κ3) is 3.61. The highest BCUT2D eigenvalue weighted by Crippen LogP contribution is 2.35. The number of aliphatic carboxylic acids is 1. The van der Waals surface area contributed by atoms with Crippen molar-refractivity contribution >= 4 is 5.97 Å². The molecule has 3 rings (SSSR count). The average molecular weight is 341 g/mol. The van der Waals surface area contributed by atoms with Gasteiger partial charge in [-0.1, -0.05) is 31.2 Å². The van der Waals surface area contributed by atoms with Crippen LogP contribution in [0.5, 0.6) is 0 Å². The van der Waals surface area contributed by atoms with E-state index in [2.05, 4.69) is 42.9 Å². The van der Waals surface area contributed by atoms with Crippen LogP contribution < -0.4 is 0 Å². The van der Waals surface area contributed by atoms with Crippen LogP contribution in [0, 0.1) is 19.8 Å². The Labute approximate surface area is 149 Å². The van der Waals surface area contributed by atoms with Gasteiger partial charge in [-0.2, -0.15) is 5.10 Å². The van der Waals surface area contributed by atoms with Crippen LogP contribution in [0.15, 0.2) is 30.5 Å². The lowest BCUT2D eigenvalue weighted by atomic mass is 9.86. The van der Waals surface area contributed by atoms with Crippen molar-refractivity contribution in [1.82, 2.24) is 14.7 Å². The summed E-state index contributed by atoms with van der Waals surface area (Å²) in [5.74, 6) is -1.01. The molecule has 1 aromatic heterocycles. The fourth-order valence-corrected chi connectivity index (χ4v) is 3.90. The second-order valence-electron chi connectivity index (χ2n) is 7.08. The summed E-state index contributed by atoms with van der Waals surface area (Å²) in [6.07, 6.45) is 2.99. The SMILES string of the molecule is CCCn1ncc(CN2C[C@H](C(=O)O)[C@@H](c3ccccc3C)C2)c1C. The zero-order valence-corrected chi connectivity index (χ0v) is 15.3. The molecule has 0 unspecified atom stereocenters. The molecule has 2 aromatic rings. The van der Waals surface area contributed by atoms with Crippen LogP contribution in [0.4, 0.5) is 0 Å². The first kappa shape index (κ1) is 17.7. The Morgan fingerprint density at radius 1 is 1.28 bits per heavy atom. The summed E-state index contributed by atoms with van der Waals surface area (Å²) in [5, 5.41) is 14.2. The van der Waals surface area contributed by atoms with Crippen LogP contribution in [0.1, 0.15) is 41.6 Å². The maximum absolute atomic E-state index is 11.8. The molecule has 134 valence electrons. The Hall–Kier alpha value is -2.14. The summed E-state index contributed by atoms with van der Waals surface area (Å²) in [6.45, 7) is 9.37. The summed E-state index contributed by atoms with van der Waals surface area (Å²) < 4.78 is 2.04. The van der Waals surface area contributed by atoms with Gasteiger partial charge in [-0.15, -0.1) is 0 Å². The number of aromatic nitrogens is 2. The number of carbonyl (C=O) groups is 1. The van der Waals surface area contributed by atoms with Crippen molar-refractivity contribution in [3.8, 4) is 0 Å². The standard InChI is InChI=1S/C20H27N3O2/c1-4-9-23-15(3)16(10-21-23)11-22-12-18(19(13-22)20(24)25)17-8-6-5-7-14(17)2/h5-8,10,18-19H,4,9,11-13H2,1-3H3,(H,24,25)/t18-,19+/m1/s1. The normalized spacial score (nSPS) is 20.9. The fourth-order valence-electron chi connectivity index (χ4n) is 3.90. The van der Waals surface area contributed by atoms with E-state index < -0.39 is 5.97 Å². The largest absolute Gasteiger partial charge is 0.481 e. The lowest BCUT2D eigenvalue weighted by Gasteiger charge is -2.18. The maximum atomic E-state index is 11.8. The quantitative estimate of drug-likeness (QED) is 0.876. The van der Waals surface area contributed by atoms with Crippen LogP contribution in [0.25, 0.3) is 0 Å². The predicted molar refractivity (Wildman–Crippen MR) is 97.6 cm³/mol. The summed E-state index contributed by atoms with van der Waals surface area (Å²) in [6, 6.07) is 8.15. The zero-order valence-electron chi connectivity index (χ0n) is 15.3. The van der Waals surface area contributed by atoms with Gasteiger partial charge in [0, 0.05) is 43.4 Å². The van der Waals surface area contributed by atoms with Gasteiger partial charge in [-0.25, -0.2) is 0 Å². The molecular weight excluding hydrogens is 314 g/mol. The van der Waals surface area contributed by atoms with Gasteiger partial charge in [0.1, 0.15) is 0 Å². The molecule has 0 amide bonds. The van der Waals surface area contributed by atoms with Crippen molar-refractivity contribution in [2.75, 3.05) is 13.1 Å². The number of likely N-dealkylation sites (tertiary alicyclic amines) is 1. The van der Waals surface area contributed by atoms with E-state index in [1.165, 1.54) is 16.8 Å². The van der Waals surface area contributed by atoms with E-state index in [0.717, 1.165) is 31.6 Å². The van der Waals surface area contributed by atoms with Crippen LogP contribution in [-0.2, 0) is 17.9 Å². The van der Waals surface area contributed by atoms with E-state index in [4.69, 9.17) is 0 Å². The average Bonchev–Trinajstić information content (AvgIpc) is 3.15. The molecule has 1 N–H and O–H groups in total. The molecule has 1 saturated heterocycles. The van der Waals surface area contributed by atoms with E-state index >= 15 is 0 Å². The molecule has 1 aliphatic heterocycles. The molecule has 5 nitrogen and oxygen atoms in total. The third-order valence-corrected chi connectivity index (χ3v) is 5.33. The molecule has 5 heteroatoms. The highest BCUT2D eigenvalue weighted by atomic mass is 16.4. The first-order valence-corrected chi connectivity index (χ1v) is 9.03. The summed E-state index contributed by atoms with van der Waals surface area (Å²) in [7, 11) is 0. The fraction of sp³-hybridized carbons (Fsp3) is 0.500. The Morgan fingerprint density at radius 3 is 2.72 bits per heavy atom. The minimum absolute atomic E-state index is 0.0460. The molecule has 1 aromatic carbocycles. The molecule has 0 aliphatic carbocycles. The number of carboxylic acid groups (broad SMARTS) is 1. The van der Waals surface area contributed by atoms with E-state index in [-0.39, 0.29) is 11.8 Å². The van der Waals surface area contributed by atoms with Gasteiger partial charge in [-0.05, 0) is 31.4 Å². The van der Waals surface area contributed by atoms with Crippen LogP contribution in [-0.4, -0.2) is 38.8 Å². The van der Waals surface area contributed by atoms with Crippen LogP contribution in [0.3, 0.4) is 0 Å². The van der Waals surface area contributed by atoms with Crippen LogP contribution in [0.2, 0.25) is 0 Å². The Morgan fingerprint density at radius 2 is 2.04 bits per heavy atom.